The van der Waals surface area contributed by atoms with Gasteiger partial charge in [0.25, 0.3) is 0 Å². The van der Waals surface area contributed by atoms with Gasteiger partial charge >= 0.3 is 11.9 Å². The number of nitrogens with one attached hydrogen (secondary N) is 1. The van der Waals surface area contributed by atoms with Crippen LogP contribution in [0.2, 0.25) is 0 Å². The van der Waals surface area contributed by atoms with Crippen LogP contribution < -0.4 is 5.32 Å². The first-order valence-corrected chi connectivity index (χ1v) is 9.19. The first kappa shape index (κ1) is 21.7. The highest BCUT2D eigenvalue weighted by Gasteiger charge is 2.31. The Hall–Kier alpha value is -2.55. The molecule has 1 saturated carbocycles. The highest BCUT2D eigenvalue weighted by Crippen LogP contribution is 2.35. The summed E-state index contributed by atoms with van der Waals surface area (Å²) in [6.45, 7) is 2.25. The lowest BCUT2D eigenvalue weighted by atomic mass is 9.75. The van der Waals surface area contributed by atoms with E-state index in [9.17, 15) is 13.6 Å². The van der Waals surface area contributed by atoms with Gasteiger partial charge in [0.2, 0.25) is 5.91 Å². The van der Waals surface area contributed by atoms with Crippen LogP contribution >= 0.6 is 0 Å². The number of amides is 1. The number of carboxylic acids is 2. The van der Waals surface area contributed by atoms with Gasteiger partial charge < -0.3 is 15.5 Å². The van der Waals surface area contributed by atoms with Crippen molar-refractivity contribution in [1.29, 1.82) is 0 Å². The van der Waals surface area contributed by atoms with E-state index < -0.39 is 23.6 Å². The van der Waals surface area contributed by atoms with Gasteiger partial charge in [-0.25, -0.2) is 18.4 Å². The minimum atomic E-state index is -1.82. The van der Waals surface area contributed by atoms with Crippen LogP contribution in [-0.4, -0.2) is 52.6 Å². The Morgan fingerprint density at radius 2 is 1.64 bits per heavy atom. The van der Waals surface area contributed by atoms with Crippen molar-refractivity contribution in [3.05, 3.63) is 29.8 Å². The molecule has 2 aliphatic rings. The van der Waals surface area contributed by atoms with Crippen molar-refractivity contribution in [3.8, 4) is 0 Å². The first-order chi connectivity index (χ1) is 13.3. The molecule has 9 heteroatoms. The SMILES string of the molecule is O=C(CN1CCC2CCCCC2C1)Nc1ccc(F)c(F)c1.O=C(O)C(=O)O. The fourth-order valence-corrected chi connectivity index (χ4v) is 3.80. The van der Waals surface area contributed by atoms with E-state index in [2.05, 4.69) is 10.2 Å². The van der Waals surface area contributed by atoms with E-state index in [0.717, 1.165) is 37.1 Å². The number of hydrogen-bond donors (Lipinski definition) is 3. The summed E-state index contributed by atoms with van der Waals surface area (Å²) in [5.41, 5.74) is 0.302. The van der Waals surface area contributed by atoms with Crippen molar-refractivity contribution in [2.75, 3.05) is 25.0 Å². The van der Waals surface area contributed by atoms with Gasteiger partial charge in [-0.15, -0.1) is 0 Å². The lowest BCUT2D eigenvalue weighted by Gasteiger charge is -2.41. The molecule has 0 radical (unpaired) electrons. The Bertz CT molecular complexity index is 716. The van der Waals surface area contributed by atoms with Crippen LogP contribution in [-0.2, 0) is 14.4 Å². The van der Waals surface area contributed by atoms with Crippen molar-refractivity contribution in [3.63, 3.8) is 0 Å². The molecule has 2 fully saturated rings. The molecule has 1 amide bonds. The standard InChI is InChI=1S/C17H22F2N2O.C2H2O4/c18-15-6-5-14(9-16(15)19)20-17(22)11-21-8-7-12-3-1-2-4-13(12)10-21;3-1(4)2(5)6/h5-6,9,12-13H,1-4,7-8,10-11H2,(H,20,22);(H,3,4)(H,5,6). The normalized spacial score (nSPS) is 21.6. The molecular formula is C19H24F2N2O5. The van der Waals surface area contributed by atoms with Crippen LogP contribution in [0, 0.1) is 23.5 Å². The smallest absolute Gasteiger partial charge is 0.414 e. The van der Waals surface area contributed by atoms with E-state index in [1.165, 1.54) is 38.2 Å². The Balaban J connectivity index is 0.000000409. The van der Waals surface area contributed by atoms with Gasteiger partial charge in [-0.2, -0.15) is 0 Å². The van der Waals surface area contributed by atoms with Gasteiger partial charge in [0.05, 0.1) is 6.54 Å². The van der Waals surface area contributed by atoms with Crippen molar-refractivity contribution in [2.24, 2.45) is 11.8 Å². The molecule has 0 aromatic heterocycles. The third kappa shape index (κ3) is 6.56. The largest absolute Gasteiger partial charge is 0.473 e. The highest BCUT2D eigenvalue weighted by atomic mass is 19.2. The minimum Gasteiger partial charge on any atom is -0.473 e. The molecule has 1 saturated heterocycles. The van der Waals surface area contributed by atoms with Crippen molar-refractivity contribution >= 4 is 23.5 Å². The number of carbonyl (C=O) groups excluding carboxylic acids is 1. The third-order valence-electron chi connectivity index (χ3n) is 5.13. The van der Waals surface area contributed by atoms with E-state index in [-0.39, 0.29) is 5.91 Å². The maximum absolute atomic E-state index is 13.1. The third-order valence-corrected chi connectivity index (χ3v) is 5.13. The van der Waals surface area contributed by atoms with Crippen LogP contribution in [0.1, 0.15) is 32.1 Å². The second-order valence-corrected chi connectivity index (χ2v) is 7.12. The first-order valence-electron chi connectivity index (χ1n) is 9.19. The van der Waals surface area contributed by atoms with E-state index >= 15 is 0 Å². The summed E-state index contributed by atoms with van der Waals surface area (Å²) in [6, 6.07) is 3.42. The zero-order valence-corrected chi connectivity index (χ0v) is 15.4. The number of carbonyl (C=O) groups is 3. The monoisotopic (exact) mass is 398 g/mol. The van der Waals surface area contributed by atoms with Crippen LogP contribution in [0.5, 0.6) is 0 Å². The molecule has 3 N–H and O–H groups in total. The molecule has 0 bridgehead atoms. The van der Waals surface area contributed by atoms with Crippen molar-refractivity contribution < 1.29 is 33.4 Å². The lowest BCUT2D eigenvalue weighted by molar-refractivity contribution is -0.159. The number of aliphatic carboxylic acids is 2. The van der Waals surface area contributed by atoms with E-state index in [4.69, 9.17) is 19.8 Å². The summed E-state index contributed by atoms with van der Waals surface area (Å²) in [4.78, 5) is 32.4. The average Bonchev–Trinajstić information content (AvgIpc) is 2.65. The number of anilines is 1. The molecule has 1 aliphatic heterocycles. The van der Waals surface area contributed by atoms with Crippen LogP contribution in [0.15, 0.2) is 18.2 Å². The summed E-state index contributed by atoms with van der Waals surface area (Å²) in [6.07, 6.45) is 6.42. The van der Waals surface area contributed by atoms with E-state index in [1.54, 1.807) is 0 Å². The number of hydrogen-bond acceptors (Lipinski definition) is 4. The Morgan fingerprint density at radius 1 is 1.00 bits per heavy atom. The Kier molecular flexibility index (Phi) is 7.86. The van der Waals surface area contributed by atoms with Crippen molar-refractivity contribution in [1.82, 2.24) is 4.90 Å². The summed E-state index contributed by atoms with van der Waals surface area (Å²) < 4.78 is 26.0. The number of carboxylic acid groups (broad SMARTS) is 2. The zero-order valence-electron chi connectivity index (χ0n) is 15.4. The van der Waals surface area contributed by atoms with Gasteiger partial charge in [-0.1, -0.05) is 19.3 Å². The molecule has 2 unspecified atom stereocenters. The fraction of sp³-hybridized carbons (Fsp3) is 0.526. The van der Waals surface area contributed by atoms with E-state index in [0.29, 0.717) is 12.2 Å². The lowest BCUT2D eigenvalue weighted by Crippen LogP contribution is -2.44. The summed E-state index contributed by atoms with van der Waals surface area (Å²) in [7, 11) is 0. The molecule has 154 valence electrons. The van der Waals surface area contributed by atoms with Gasteiger partial charge in [0.1, 0.15) is 0 Å². The quantitative estimate of drug-likeness (QED) is 0.676. The zero-order chi connectivity index (χ0) is 20.7. The molecule has 1 aromatic rings. The number of nitrogens with zero attached hydrogens (tertiary/aromatic N) is 1. The number of piperidine rings is 1. The Morgan fingerprint density at radius 3 is 2.25 bits per heavy atom. The summed E-state index contributed by atoms with van der Waals surface area (Å²) in [5.74, 6) is -4.11. The van der Waals surface area contributed by atoms with Crippen LogP contribution in [0.25, 0.3) is 0 Å². The minimum absolute atomic E-state index is 0.166. The summed E-state index contributed by atoms with van der Waals surface area (Å²) >= 11 is 0. The average molecular weight is 398 g/mol. The molecule has 28 heavy (non-hydrogen) atoms. The Labute approximate surface area is 161 Å². The number of likely N-dealkylation sites (tertiary alicyclic amines) is 1. The number of benzene rings is 1. The second kappa shape index (κ2) is 10.1. The van der Waals surface area contributed by atoms with Gasteiger partial charge in [0.15, 0.2) is 11.6 Å². The summed E-state index contributed by atoms with van der Waals surface area (Å²) in [5, 5.41) is 17.4. The van der Waals surface area contributed by atoms with Gasteiger partial charge in [-0.05, 0) is 43.4 Å². The number of fused-ring (bicyclic) bond motifs is 1. The number of rotatable bonds is 3. The van der Waals surface area contributed by atoms with Gasteiger partial charge in [0, 0.05) is 18.3 Å². The maximum Gasteiger partial charge on any atom is 0.414 e. The highest BCUT2D eigenvalue weighted by molar-refractivity contribution is 6.27. The molecule has 7 nitrogen and oxygen atoms in total. The van der Waals surface area contributed by atoms with E-state index in [1.807, 2.05) is 0 Å². The van der Waals surface area contributed by atoms with Crippen LogP contribution in [0.3, 0.4) is 0 Å². The molecule has 2 atom stereocenters. The second-order valence-electron chi connectivity index (χ2n) is 7.12. The number of halogens is 2. The molecule has 1 aliphatic carbocycles. The molecule has 1 aromatic carbocycles. The fourth-order valence-electron chi connectivity index (χ4n) is 3.80. The predicted octanol–water partition coefficient (Wildman–Crippen LogP) is 2.57. The van der Waals surface area contributed by atoms with Gasteiger partial charge in [-0.3, -0.25) is 9.69 Å². The topological polar surface area (TPSA) is 107 Å². The molecule has 0 spiro atoms. The van der Waals surface area contributed by atoms with Crippen LogP contribution in [0.4, 0.5) is 14.5 Å². The molecule has 3 rings (SSSR count). The maximum atomic E-state index is 13.1. The predicted molar refractivity (Wildman–Crippen MR) is 96.8 cm³/mol. The van der Waals surface area contributed by atoms with Crippen molar-refractivity contribution in [2.45, 2.75) is 32.1 Å². The molecular weight excluding hydrogens is 374 g/mol. The molecule has 1 heterocycles.